The molecule has 1 atom stereocenters. The predicted molar refractivity (Wildman–Crippen MR) is 58.4 cm³/mol. The highest BCUT2D eigenvalue weighted by Crippen LogP contribution is 2.43. The van der Waals surface area contributed by atoms with Crippen LogP contribution in [-0.4, -0.2) is 21.9 Å². The monoisotopic (exact) mass is 224 g/mol. The van der Waals surface area contributed by atoms with Gasteiger partial charge in [0.1, 0.15) is 5.75 Å². The molecular formula is C11H12O3S. The molecule has 2 rings (SSSR count). The average molecular weight is 224 g/mol. The SMILES string of the molecule is O=C(O)CC1CCSc2c(O)cccc21. The van der Waals surface area contributed by atoms with Crippen LogP contribution in [-0.2, 0) is 4.79 Å². The smallest absolute Gasteiger partial charge is 0.303 e. The van der Waals surface area contributed by atoms with E-state index in [0.717, 1.165) is 22.6 Å². The van der Waals surface area contributed by atoms with Crippen LogP contribution >= 0.6 is 11.8 Å². The summed E-state index contributed by atoms with van der Waals surface area (Å²) in [5.41, 5.74) is 0.980. The fourth-order valence-electron chi connectivity index (χ4n) is 1.90. The minimum absolute atomic E-state index is 0.0471. The average Bonchev–Trinajstić information content (AvgIpc) is 2.19. The van der Waals surface area contributed by atoms with Crippen molar-refractivity contribution in [1.29, 1.82) is 0 Å². The number of carbonyl (C=O) groups is 1. The third kappa shape index (κ3) is 2.09. The largest absolute Gasteiger partial charge is 0.507 e. The molecule has 1 heterocycles. The summed E-state index contributed by atoms with van der Waals surface area (Å²) in [5, 5.41) is 18.4. The van der Waals surface area contributed by atoms with E-state index in [4.69, 9.17) is 5.11 Å². The molecule has 15 heavy (non-hydrogen) atoms. The summed E-state index contributed by atoms with van der Waals surface area (Å²) in [7, 11) is 0. The Hall–Kier alpha value is -1.16. The molecule has 0 fully saturated rings. The Morgan fingerprint density at radius 1 is 1.53 bits per heavy atom. The number of hydrogen-bond donors (Lipinski definition) is 2. The number of phenols is 1. The van der Waals surface area contributed by atoms with Gasteiger partial charge in [0.2, 0.25) is 0 Å². The van der Waals surface area contributed by atoms with Gasteiger partial charge in [0.05, 0.1) is 11.3 Å². The zero-order chi connectivity index (χ0) is 10.8. The van der Waals surface area contributed by atoms with Crippen LogP contribution in [0.15, 0.2) is 23.1 Å². The Bertz CT molecular complexity index is 389. The number of aliphatic carboxylic acids is 1. The van der Waals surface area contributed by atoms with E-state index in [1.54, 1.807) is 23.9 Å². The van der Waals surface area contributed by atoms with Crippen LogP contribution in [0.25, 0.3) is 0 Å². The van der Waals surface area contributed by atoms with E-state index in [1.165, 1.54) is 0 Å². The van der Waals surface area contributed by atoms with Crippen molar-refractivity contribution in [3.8, 4) is 5.75 Å². The summed E-state index contributed by atoms with van der Waals surface area (Å²) >= 11 is 1.60. The molecule has 0 aromatic heterocycles. The highest BCUT2D eigenvalue weighted by atomic mass is 32.2. The molecule has 0 amide bonds. The fourth-order valence-corrected chi connectivity index (χ4v) is 3.13. The molecule has 0 bridgehead atoms. The Morgan fingerprint density at radius 2 is 2.33 bits per heavy atom. The first-order valence-electron chi connectivity index (χ1n) is 4.85. The molecule has 0 saturated heterocycles. The normalized spacial score (nSPS) is 19.6. The topological polar surface area (TPSA) is 57.5 Å². The second-order valence-electron chi connectivity index (χ2n) is 3.63. The van der Waals surface area contributed by atoms with Crippen LogP contribution < -0.4 is 0 Å². The molecule has 3 nitrogen and oxygen atoms in total. The summed E-state index contributed by atoms with van der Waals surface area (Å²) < 4.78 is 0. The third-order valence-electron chi connectivity index (χ3n) is 2.60. The van der Waals surface area contributed by atoms with Crippen molar-refractivity contribution in [2.75, 3.05) is 5.75 Å². The second-order valence-corrected chi connectivity index (χ2v) is 4.73. The number of rotatable bonds is 2. The van der Waals surface area contributed by atoms with Gasteiger partial charge in [-0.2, -0.15) is 0 Å². The van der Waals surface area contributed by atoms with Gasteiger partial charge in [-0.1, -0.05) is 12.1 Å². The van der Waals surface area contributed by atoms with Gasteiger partial charge >= 0.3 is 5.97 Å². The van der Waals surface area contributed by atoms with E-state index >= 15 is 0 Å². The molecule has 1 aromatic carbocycles. The van der Waals surface area contributed by atoms with Crippen molar-refractivity contribution in [3.05, 3.63) is 23.8 Å². The summed E-state index contributed by atoms with van der Waals surface area (Å²) in [6.45, 7) is 0. The highest BCUT2D eigenvalue weighted by molar-refractivity contribution is 7.99. The molecule has 1 unspecified atom stereocenters. The molecule has 0 spiro atoms. The minimum atomic E-state index is -0.777. The standard InChI is InChI=1S/C11H12O3S/c12-9-3-1-2-8-7(6-10(13)14)4-5-15-11(8)9/h1-3,7,12H,4-6H2,(H,13,14). The molecule has 1 aromatic rings. The van der Waals surface area contributed by atoms with Crippen LogP contribution in [0.3, 0.4) is 0 Å². The maximum absolute atomic E-state index is 10.7. The van der Waals surface area contributed by atoms with E-state index in [-0.39, 0.29) is 18.1 Å². The Morgan fingerprint density at radius 3 is 3.07 bits per heavy atom. The second kappa shape index (κ2) is 4.14. The Balaban J connectivity index is 2.34. The number of aromatic hydroxyl groups is 1. The number of carboxylic acid groups (broad SMARTS) is 1. The van der Waals surface area contributed by atoms with Crippen LogP contribution in [0.4, 0.5) is 0 Å². The Labute approximate surface area is 92.1 Å². The number of hydrogen-bond acceptors (Lipinski definition) is 3. The van der Waals surface area contributed by atoms with Gasteiger partial charge in [0.25, 0.3) is 0 Å². The highest BCUT2D eigenvalue weighted by Gasteiger charge is 2.24. The Kier molecular flexibility index (Phi) is 2.86. The first-order chi connectivity index (χ1) is 7.18. The molecule has 2 N–H and O–H groups in total. The van der Waals surface area contributed by atoms with Crippen molar-refractivity contribution < 1.29 is 15.0 Å². The van der Waals surface area contributed by atoms with Gasteiger partial charge in [0.15, 0.2) is 0 Å². The lowest BCUT2D eigenvalue weighted by Gasteiger charge is -2.24. The summed E-state index contributed by atoms with van der Waals surface area (Å²) in [6, 6.07) is 5.33. The zero-order valence-electron chi connectivity index (χ0n) is 8.14. The number of carboxylic acids is 1. The molecule has 0 aliphatic carbocycles. The van der Waals surface area contributed by atoms with Gasteiger partial charge in [0, 0.05) is 0 Å². The number of benzene rings is 1. The summed E-state index contributed by atoms with van der Waals surface area (Å²) in [6.07, 6.45) is 1.02. The molecule has 1 aliphatic heterocycles. The van der Waals surface area contributed by atoms with Crippen LogP contribution in [0.5, 0.6) is 5.75 Å². The molecule has 1 aliphatic rings. The van der Waals surface area contributed by atoms with Crippen molar-refractivity contribution in [3.63, 3.8) is 0 Å². The van der Waals surface area contributed by atoms with E-state index in [2.05, 4.69) is 0 Å². The third-order valence-corrected chi connectivity index (χ3v) is 3.77. The van der Waals surface area contributed by atoms with E-state index < -0.39 is 5.97 Å². The van der Waals surface area contributed by atoms with Crippen LogP contribution in [0.1, 0.15) is 24.3 Å². The molecule has 4 heteroatoms. The predicted octanol–water partition coefficient (Wildman–Crippen LogP) is 2.45. The molecule has 0 saturated carbocycles. The minimum Gasteiger partial charge on any atom is -0.507 e. The van der Waals surface area contributed by atoms with Crippen molar-refractivity contribution in [1.82, 2.24) is 0 Å². The number of fused-ring (bicyclic) bond motifs is 1. The zero-order valence-corrected chi connectivity index (χ0v) is 8.96. The lowest BCUT2D eigenvalue weighted by molar-refractivity contribution is -0.137. The van der Waals surface area contributed by atoms with Gasteiger partial charge in [-0.25, -0.2) is 0 Å². The molecule has 80 valence electrons. The van der Waals surface area contributed by atoms with Crippen molar-refractivity contribution in [2.45, 2.75) is 23.7 Å². The lowest BCUT2D eigenvalue weighted by Crippen LogP contribution is -2.11. The summed E-state index contributed by atoms with van der Waals surface area (Å²) in [5.74, 6) is 0.419. The van der Waals surface area contributed by atoms with Crippen LogP contribution in [0, 0.1) is 0 Å². The van der Waals surface area contributed by atoms with Crippen molar-refractivity contribution in [2.24, 2.45) is 0 Å². The van der Waals surface area contributed by atoms with Gasteiger partial charge in [-0.05, 0) is 29.7 Å². The van der Waals surface area contributed by atoms with E-state index in [9.17, 15) is 9.90 Å². The van der Waals surface area contributed by atoms with E-state index in [0.29, 0.717) is 0 Å². The van der Waals surface area contributed by atoms with Gasteiger partial charge in [-0.3, -0.25) is 4.79 Å². The van der Waals surface area contributed by atoms with E-state index in [1.807, 2.05) is 6.07 Å². The lowest BCUT2D eigenvalue weighted by atomic mass is 9.92. The fraction of sp³-hybridized carbons (Fsp3) is 0.364. The first-order valence-corrected chi connectivity index (χ1v) is 5.83. The maximum atomic E-state index is 10.7. The quantitative estimate of drug-likeness (QED) is 0.810. The summed E-state index contributed by atoms with van der Waals surface area (Å²) in [4.78, 5) is 11.5. The maximum Gasteiger partial charge on any atom is 0.303 e. The molecular weight excluding hydrogens is 212 g/mol. The van der Waals surface area contributed by atoms with Crippen molar-refractivity contribution >= 4 is 17.7 Å². The number of thioether (sulfide) groups is 1. The number of phenolic OH excluding ortho intramolecular Hbond substituents is 1. The van der Waals surface area contributed by atoms with Gasteiger partial charge in [-0.15, -0.1) is 11.8 Å². The molecule has 0 radical (unpaired) electrons. The van der Waals surface area contributed by atoms with Gasteiger partial charge < -0.3 is 10.2 Å². The van der Waals surface area contributed by atoms with Crippen LogP contribution in [0.2, 0.25) is 0 Å². The first kappa shape index (κ1) is 10.4.